The van der Waals surface area contributed by atoms with Crippen LogP contribution in [-0.4, -0.2) is 12.2 Å². The molecule has 2 nitrogen and oxygen atoms in total. The molecule has 0 spiro atoms. The molecule has 2 aromatic rings. The summed E-state index contributed by atoms with van der Waals surface area (Å²) < 4.78 is 5.12. The molecule has 1 atom stereocenters. The van der Waals surface area contributed by atoms with Crippen LogP contribution >= 0.6 is 11.3 Å². The molecule has 0 saturated carbocycles. The minimum Gasteiger partial charge on any atom is -0.497 e. The highest BCUT2D eigenvalue weighted by Crippen LogP contribution is 2.35. The Morgan fingerprint density at radius 1 is 1.18 bits per heavy atom. The number of hydrogen-bond donors (Lipinski definition) is 1. The summed E-state index contributed by atoms with van der Waals surface area (Å²) in [6.45, 7) is 3.84. The number of thiophene rings is 1. The van der Waals surface area contributed by atoms with Crippen LogP contribution in [0.25, 0.3) is 0 Å². The number of hydrogen-bond acceptors (Lipinski definition) is 3. The minimum absolute atomic E-state index is 0.799. The first-order valence-electron chi connectivity index (χ1n) is 5.47. The molecule has 1 N–H and O–H groups in total. The molecule has 0 fully saturated rings. The van der Waals surface area contributed by atoms with E-state index in [0.29, 0.717) is 0 Å². The van der Waals surface area contributed by atoms with E-state index < -0.39 is 5.60 Å². The fourth-order valence-corrected chi connectivity index (χ4v) is 2.93. The molecule has 1 heterocycles. The van der Waals surface area contributed by atoms with Crippen molar-refractivity contribution in [2.75, 3.05) is 7.11 Å². The van der Waals surface area contributed by atoms with Crippen molar-refractivity contribution in [2.24, 2.45) is 0 Å². The van der Waals surface area contributed by atoms with Crippen LogP contribution in [0.5, 0.6) is 5.75 Å². The topological polar surface area (TPSA) is 29.5 Å². The van der Waals surface area contributed by atoms with Crippen molar-refractivity contribution >= 4 is 11.3 Å². The summed E-state index contributed by atoms with van der Waals surface area (Å²) in [5.41, 5.74) is 1.06. The molecule has 0 aliphatic carbocycles. The minimum atomic E-state index is -0.940. The van der Waals surface area contributed by atoms with E-state index in [-0.39, 0.29) is 0 Å². The molecule has 1 unspecified atom stereocenters. The lowest BCUT2D eigenvalue weighted by Gasteiger charge is -2.24. The lowest BCUT2D eigenvalue weighted by Crippen LogP contribution is -2.22. The van der Waals surface area contributed by atoms with Gasteiger partial charge in [0.1, 0.15) is 11.4 Å². The molecule has 17 heavy (non-hydrogen) atoms. The van der Waals surface area contributed by atoms with E-state index in [1.54, 1.807) is 18.4 Å². The van der Waals surface area contributed by atoms with Crippen LogP contribution in [0.3, 0.4) is 0 Å². The van der Waals surface area contributed by atoms with Crippen LogP contribution in [0.15, 0.2) is 35.7 Å². The zero-order valence-electron chi connectivity index (χ0n) is 10.2. The summed E-state index contributed by atoms with van der Waals surface area (Å²) in [5, 5.41) is 12.7. The molecule has 3 heteroatoms. The van der Waals surface area contributed by atoms with E-state index in [1.807, 2.05) is 49.6 Å². The maximum atomic E-state index is 10.7. The van der Waals surface area contributed by atoms with Gasteiger partial charge in [0.25, 0.3) is 0 Å². The highest BCUT2D eigenvalue weighted by Gasteiger charge is 2.28. The van der Waals surface area contributed by atoms with Gasteiger partial charge >= 0.3 is 0 Å². The third kappa shape index (κ3) is 2.21. The van der Waals surface area contributed by atoms with Gasteiger partial charge in [0, 0.05) is 4.88 Å². The Hall–Kier alpha value is -1.32. The van der Waals surface area contributed by atoms with Gasteiger partial charge < -0.3 is 9.84 Å². The first-order valence-corrected chi connectivity index (χ1v) is 6.35. The third-order valence-electron chi connectivity index (χ3n) is 2.96. The molecule has 90 valence electrons. The Kier molecular flexibility index (Phi) is 3.22. The van der Waals surface area contributed by atoms with Gasteiger partial charge in [0.05, 0.1) is 7.11 Å². The smallest absolute Gasteiger partial charge is 0.121 e. The van der Waals surface area contributed by atoms with E-state index in [4.69, 9.17) is 4.74 Å². The van der Waals surface area contributed by atoms with Crippen molar-refractivity contribution in [3.8, 4) is 5.75 Å². The van der Waals surface area contributed by atoms with Crippen LogP contribution in [0.1, 0.15) is 22.9 Å². The van der Waals surface area contributed by atoms with Crippen LogP contribution in [0, 0.1) is 6.92 Å². The second-order valence-electron chi connectivity index (χ2n) is 4.23. The number of ether oxygens (including phenoxy) is 1. The van der Waals surface area contributed by atoms with Gasteiger partial charge in [0.15, 0.2) is 0 Å². The lowest BCUT2D eigenvalue weighted by molar-refractivity contribution is 0.105. The first kappa shape index (κ1) is 12.1. The van der Waals surface area contributed by atoms with Crippen molar-refractivity contribution in [1.29, 1.82) is 0 Å². The van der Waals surface area contributed by atoms with Crippen molar-refractivity contribution in [2.45, 2.75) is 19.4 Å². The number of methoxy groups -OCH3 is 1. The second-order valence-corrected chi connectivity index (χ2v) is 5.15. The summed E-state index contributed by atoms with van der Waals surface area (Å²) in [6, 6.07) is 9.56. The number of benzene rings is 1. The molecule has 1 aromatic heterocycles. The van der Waals surface area contributed by atoms with E-state index in [0.717, 1.165) is 21.8 Å². The van der Waals surface area contributed by atoms with Gasteiger partial charge in [-0.2, -0.15) is 0 Å². The molecular weight excluding hydrogens is 232 g/mol. The summed E-state index contributed by atoms with van der Waals surface area (Å²) in [7, 11) is 1.64. The number of aryl methyl sites for hydroxylation is 1. The van der Waals surface area contributed by atoms with Crippen molar-refractivity contribution < 1.29 is 9.84 Å². The third-order valence-corrected chi connectivity index (χ3v) is 4.18. The quantitative estimate of drug-likeness (QED) is 0.903. The van der Waals surface area contributed by atoms with Gasteiger partial charge in [0.2, 0.25) is 0 Å². The molecule has 0 saturated heterocycles. The number of rotatable bonds is 3. The van der Waals surface area contributed by atoms with Crippen LogP contribution < -0.4 is 4.74 Å². The summed E-state index contributed by atoms with van der Waals surface area (Å²) in [4.78, 5) is 0.989. The van der Waals surface area contributed by atoms with Gasteiger partial charge in [-0.1, -0.05) is 12.1 Å². The normalized spacial score (nSPS) is 14.4. The SMILES string of the molecule is COc1ccc(C(C)(O)c2sccc2C)cc1. The largest absolute Gasteiger partial charge is 0.497 e. The monoisotopic (exact) mass is 248 g/mol. The molecule has 0 radical (unpaired) electrons. The van der Waals surface area contributed by atoms with E-state index in [1.165, 1.54) is 0 Å². The van der Waals surface area contributed by atoms with Gasteiger partial charge in [-0.15, -0.1) is 11.3 Å². The molecule has 0 aliphatic heterocycles. The summed E-state index contributed by atoms with van der Waals surface area (Å²) in [5.74, 6) is 0.799. The predicted molar refractivity (Wildman–Crippen MR) is 70.7 cm³/mol. The van der Waals surface area contributed by atoms with E-state index in [9.17, 15) is 5.11 Å². The Labute approximate surface area is 105 Å². The zero-order chi connectivity index (χ0) is 12.5. The highest BCUT2D eigenvalue weighted by molar-refractivity contribution is 7.10. The Balaban J connectivity index is 2.40. The van der Waals surface area contributed by atoms with Crippen LogP contribution in [-0.2, 0) is 5.60 Å². The highest BCUT2D eigenvalue weighted by atomic mass is 32.1. The standard InChI is InChI=1S/C14H16O2S/c1-10-8-9-17-13(10)14(2,15)11-4-6-12(16-3)7-5-11/h4-9,15H,1-3H3. The lowest BCUT2D eigenvalue weighted by atomic mass is 9.92. The average molecular weight is 248 g/mol. The number of aliphatic hydroxyl groups is 1. The molecule has 0 bridgehead atoms. The zero-order valence-corrected chi connectivity index (χ0v) is 11.0. The summed E-state index contributed by atoms with van der Waals surface area (Å²) in [6.07, 6.45) is 0. The molecule has 0 aliphatic rings. The van der Waals surface area contributed by atoms with Crippen LogP contribution in [0.4, 0.5) is 0 Å². The fraction of sp³-hybridized carbons (Fsp3) is 0.286. The Bertz CT molecular complexity index is 497. The molecular formula is C14H16O2S. The van der Waals surface area contributed by atoms with Crippen molar-refractivity contribution in [3.63, 3.8) is 0 Å². The van der Waals surface area contributed by atoms with Crippen molar-refractivity contribution in [3.05, 3.63) is 51.7 Å². The van der Waals surface area contributed by atoms with E-state index >= 15 is 0 Å². The van der Waals surface area contributed by atoms with Gasteiger partial charge in [-0.25, -0.2) is 0 Å². The molecule has 0 amide bonds. The maximum absolute atomic E-state index is 10.7. The van der Waals surface area contributed by atoms with Crippen LogP contribution in [0.2, 0.25) is 0 Å². The Morgan fingerprint density at radius 3 is 2.29 bits per heavy atom. The van der Waals surface area contributed by atoms with Gasteiger partial charge in [-0.3, -0.25) is 0 Å². The van der Waals surface area contributed by atoms with Crippen molar-refractivity contribution in [1.82, 2.24) is 0 Å². The fourth-order valence-electron chi connectivity index (χ4n) is 1.92. The average Bonchev–Trinajstić information content (AvgIpc) is 2.76. The van der Waals surface area contributed by atoms with E-state index in [2.05, 4.69) is 0 Å². The maximum Gasteiger partial charge on any atom is 0.121 e. The molecule has 2 rings (SSSR count). The first-order chi connectivity index (χ1) is 8.05. The Morgan fingerprint density at radius 2 is 1.82 bits per heavy atom. The second kappa shape index (κ2) is 4.51. The molecule has 1 aromatic carbocycles. The van der Waals surface area contributed by atoms with Gasteiger partial charge in [-0.05, 0) is 48.6 Å². The predicted octanol–water partition coefficient (Wildman–Crippen LogP) is 3.32. The summed E-state index contributed by atoms with van der Waals surface area (Å²) >= 11 is 1.58.